The third-order valence-electron chi connectivity index (χ3n) is 3.14. The van der Waals surface area contributed by atoms with E-state index in [1.54, 1.807) is 0 Å². The molecule has 2 unspecified atom stereocenters. The molecule has 0 bridgehead atoms. The van der Waals surface area contributed by atoms with Crippen LogP contribution in [0.1, 0.15) is 30.6 Å². The van der Waals surface area contributed by atoms with E-state index in [4.69, 9.17) is 16.3 Å². The van der Waals surface area contributed by atoms with Crippen LogP contribution in [0.25, 0.3) is 0 Å². The lowest BCUT2D eigenvalue weighted by molar-refractivity contribution is 0.0295. The fraction of sp³-hybridized carbons (Fsp3) is 0.583. The highest BCUT2D eigenvalue weighted by Crippen LogP contribution is 2.26. The van der Waals surface area contributed by atoms with Crippen LogP contribution in [0.15, 0.2) is 6.33 Å². The molecule has 2 heterocycles. The van der Waals surface area contributed by atoms with Gasteiger partial charge in [-0.2, -0.15) is 0 Å². The van der Waals surface area contributed by atoms with Gasteiger partial charge in [-0.15, -0.1) is 0 Å². The minimum atomic E-state index is 0.112. The van der Waals surface area contributed by atoms with Crippen LogP contribution in [0.4, 0.5) is 5.82 Å². The number of aldehydes is 1. The summed E-state index contributed by atoms with van der Waals surface area (Å²) in [4.78, 5) is 21.3. The van der Waals surface area contributed by atoms with Crippen LogP contribution in [0.3, 0.4) is 0 Å². The van der Waals surface area contributed by atoms with Gasteiger partial charge in [0.05, 0.1) is 24.3 Å². The SMILES string of the molecule is CCC1COC(C)CN1c1ncnc(Cl)c1C=O. The van der Waals surface area contributed by atoms with E-state index < -0.39 is 0 Å². The molecular weight excluding hydrogens is 254 g/mol. The number of anilines is 1. The van der Waals surface area contributed by atoms with Gasteiger partial charge < -0.3 is 9.64 Å². The summed E-state index contributed by atoms with van der Waals surface area (Å²) < 4.78 is 5.63. The van der Waals surface area contributed by atoms with E-state index in [0.29, 0.717) is 30.8 Å². The fourth-order valence-electron chi connectivity index (χ4n) is 2.14. The van der Waals surface area contributed by atoms with Gasteiger partial charge in [-0.25, -0.2) is 9.97 Å². The van der Waals surface area contributed by atoms with Crippen molar-refractivity contribution in [2.75, 3.05) is 18.1 Å². The summed E-state index contributed by atoms with van der Waals surface area (Å²) in [5, 5.41) is 0.198. The van der Waals surface area contributed by atoms with E-state index in [1.807, 2.05) is 6.92 Å². The molecule has 0 aliphatic carbocycles. The Balaban J connectivity index is 2.39. The maximum absolute atomic E-state index is 11.1. The number of rotatable bonds is 3. The van der Waals surface area contributed by atoms with Crippen molar-refractivity contribution >= 4 is 23.7 Å². The molecule has 5 nitrogen and oxygen atoms in total. The van der Waals surface area contributed by atoms with E-state index in [9.17, 15) is 4.79 Å². The van der Waals surface area contributed by atoms with Crippen molar-refractivity contribution in [1.82, 2.24) is 9.97 Å². The molecule has 0 aromatic carbocycles. The smallest absolute Gasteiger partial charge is 0.156 e. The van der Waals surface area contributed by atoms with E-state index in [2.05, 4.69) is 21.8 Å². The average Bonchev–Trinajstić information content (AvgIpc) is 2.38. The second-order valence-corrected chi connectivity index (χ2v) is 4.74. The number of carbonyl (C=O) groups excluding carboxylic acids is 1. The summed E-state index contributed by atoms with van der Waals surface area (Å²) in [7, 11) is 0. The molecule has 1 saturated heterocycles. The van der Waals surface area contributed by atoms with Gasteiger partial charge in [0.2, 0.25) is 0 Å². The van der Waals surface area contributed by atoms with Crippen LogP contribution in [0, 0.1) is 0 Å². The summed E-state index contributed by atoms with van der Waals surface area (Å²) >= 11 is 5.94. The molecule has 18 heavy (non-hydrogen) atoms. The second kappa shape index (κ2) is 5.63. The van der Waals surface area contributed by atoms with E-state index >= 15 is 0 Å². The van der Waals surface area contributed by atoms with Crippen molar-refractivity contribution in [3.8, 4) is 0 Å². The average molecular weight is 270 g/mol. The highest BCUT2D eigenvalue weighted by molar-refractivity contribution is 6.32. The van der Waals surface area contributed by atoms with Gasteiger partial charge in [-0.1, -0.05) is 18.5 Å². The zero-order chi connectivity index (χ0) is 13.1. The standard InChI is InChI=1S/C12H16ClN3O2/c1-3-9-6-18-8(2)4-16(9)12-10(5-17)11(13)14-7-15-12/h5,7-9H,3-4,6H2,1-2H3. The minimum absolute atomic E-state index is 0.112. The monoisotopic (exact) mass is 269 g/mol. The minimum Gasteiger partial charge on any atom is -0.375 e. The molecule has 1 aromatic heterocycles. The molecule has 2 atom stereocenters. The first kappa shape index (κ1) is 13.2. The van der Waals surface area contributed by atoms with Crippen LogP contribution >= 0.6 is 11.6 Å². The van der Waals surface area contributed by atoms with E-state index in [1.165, 1.54) is 6.33 Å². The van der Waals surface area contributed by atoms with Crippen molar-refractivity contribution in [2.24, 2.45) is 0 Å². The Morgan fingerprint density at radius 2 is 2.39 bits per heavy atom. The van der Waals surface area contributed by atoms with Crippen molar-refractivity contribution in [2.45, 2.75) is 32.4 Å². The van der Waals surface area contributed by atoms with Crippen LogP contribution < -0.4 is 4.90 Å². The van der Waals surface area contributed by atoms with E-state index in [-0.39, 0.29) is 17.3 Å². The van der Waals surface area contributed by atoms with Crippen molar-refractivity contribution in [1.29, 1.82) is 0 Å². The van der Waals surface area contributed by atoms with Gasteiger partial charge in [-0.3, -0.25) is 4.79 Å². The number of hydrogen-bond acceptors (Lipinski definition) is 5. The summed E-state index contributed by atoms with van der Waals surface area (Å²) in [6.07, 6.45) is 3.13. The molecule has 2 rings (SSSR count). The maximum atomic E-state index is 11.1. The highest BCUT2D eigenvalue weighted by atomic mass is 35.5. The first-order chi connectivity index (χ1) is 8.67. The Labute approximate surface area is 111 Å². The number of ether oxygens (including phenoxy) is 1. The molecule has 0 N–H and O–H groups in total. The van der Waals surface area contributed by atoms with Crippen LogP contribution in [-0.4, -0.2) is 41.6 Å². The Hall–Kier alpha value is -1.20. The number of halogens is 1. The first-order valence-corrected chi connectivity index (χ1v) is 6.39. The lowest BCUT2D eigenvalue weighted by Gasteiger charge is -2.39. The molecular formula is C12H16ClN3O2. The Kier molecular flexibility index (Phi) is 4.14. The molecule has 6 heteroatoms. The summed E-state index contributed by atoms with van der Waals surface area (Å²) in [6, 6.07) is 0.214. The predicted octanol–water partition coefficient (Wildman–Crippen LogP) is 1.95. The molecule has 1 fully saturated rings. The predicted molar refractivity (Wildman–Crippen MR) is 69.3 cm³/mol. The fourth-order valence-corrected chi connectivity index (χ4v) is 2.31. The van der Waals surface area contributed by atoms with Gasteiger partial charge in [0, 0.05) is 6.54 Å². The zero-order valence-electron chi connectivity index (χ0n) is 10.5. The number of nitrogens with zero attached hydrogens (tertiary/aromatic N) is 3. The lowest BCUT2D eigenvalue weighted by Crippen LogP contribution is -2.49. The molecule has 0 amide bonds. The molecule has 98 valence electrons. The largest absolute Gasteiger partial charge is 0.375 e. The highest BCUT2D eigenvalue weighted by Gasteiger charge is 2.28. The molecule has 0 spiro atoms. The third kappa shape index (κ3) is 2.47. The number of carbonyl (C=O) groups is 1. The molecule has 1 aliphatic heterocycles. The van der Waals surface area contributed by atoms with Crippen LogP contribution in [0.5, 0.6) is 0 Å². The van der Waals surface area contributed by atoms with Crippen molar-refractivity contribution in [3.63, 3.8) is 0 Å². The van der Waals surface area contributed by atoms with Crippen LogP contribution in [-0.2, 0) is 4.74 Å². The molecule has 0 radical (unpaired) electrons. The van der Waals surface area contributed by atoms with Crippen molar-refractivity contribution in [3.05, 3.63) is 17.0 Å². The first-order valence-electron chi connectivity index (χ1n) is 6.01. The zero-order valence-corrected chi connectivity index (χ0v) is 11.2. The quantitative estimate of drug-likeness (QED) is 0.620. The van der Waals surface area contributed by atoms with Gasteiger partial charge >= 0.3 is 0 Å². The normalized spacial score (nSPS) is 24.1. The Morgan fingerprint density at radius 1 is 1.61 bits per heavy atom. The molecule has 1 aromatic rings. The third-order valence-corrected chi connectivity index (χ3v) is 3.44. The molecule has 1 aliphatic rings. The van der Waals surface area contributed by atoms with Gasteiger partial charge in [0.1, 0.15) is 17.3 Å². The number of aromatic nitrogens is 2. The summed E-state index contributed by atoms with van der Waals surface area (Å²) in [5.74, 6) is 0.604. The topological polar surface area (TPSA) is 55.3 Å². The summed E-state index contributed by atoms with van der Waals surface area (Å²) in [6.45, 7) is 5.42. The van der Waals surface area contributed by atoms with Gasteiger partial charge in [0.25, 0.3) is 0 Å². The van der Waals surface area contributed by atoms with Crippen LogP contribution in [0.2, 0.25) is 5.15 Å². The molecule has 0 saturated carbocycles. The second-order valence-electron chi connectivity index (χ2n) is 4.38. The van der Waals surface area contributed by atoms with Gasteiger partial charge in [-0.05, 0) is 13.3 Å². The number of hydrogen-bond donors (Lipinski definition) is 0. The maximum Gasteiger partial charge on any atom is 0.156 e. The Morgan fingerprint density at radius 3 is 3.06 bits per heavy atom. The van der Waals surface area contributed by atoms with Crippen molar-refractivity contribution < 1.29 is 9.53 Å². The van der Waals surface area contributed by atoms with Gasteiger partial charge in [0.15, 0.2) is 6.29 Å². The Bertz CT molecular complexity index is 441. The summed E-state index contributed by atoms with van der Waals surface area (Å²) in [5.41, 5.74) is 0.353. The number of morpholine rings is 1. The van der Waals surface area contributed by atoms with E-state index in [0.717, 1.165) is 6.42 Å². The lowest BCUT2D eigenvalue weighted by atomic mass is 10.1.